The predicted molar refractivity (Wildman–Crippen MR) is 90.9 cm³/mol. The molecular formula is C17H16FN5O2. The topological polar surface area (TPSA) is 95.1 Å². The van der Waals surface area contributed by atoms with Crippen molar-refractivity contribution < 1.29 is 13.9 Å². The lowest BCUT2D eigenvalue weighted by Crippen LogP contribution is -2.15. The van der Waals surface area contributed by atoms with E-state index < -0.39 is 5.91 Å². The number of ether oxygens (including phenoxy) is 1. The fraction of sp³-hybridized carbons (Fsp3) is 0.118. The highest BCUT2D eigenvalue weighted by molar-refractivity contribution is 6.05. The number of hydrogen-bond acceptors (Lipinski definition) is 5. The van der Waals surface area contributed by atoms with E-state index in [4.69, 9.17) is 10.5 Å². The highest BCUT2D eigenvalue weighted by Gasteiger charge is 2.18. The Labute approximate surface area is 143 Å². The monoisotopic (exact) mass is 341 g/mol. The molecule has 3 rings (SSSR count). The molecule has 0 saturated heterocycles. The van der Waals surface area contributed by atoms with Gasteiger partial charge in [0.15, 0.2) is 11.5 Å². The number of benzene rings is 2. The van der Waals surface area contributed by atoms with E-state index in [1.54, 1.807) is 43.5 Å². The molecule has 1 aromatic heterocycles. The molecule has 0 atom stereocenters. The van der Waals surface area contributed by atoms with Crippen molar-refractivity contribution in [1.82, 2.24) is 15.0 Å². The summed E-state index contributed by atoms with van der Waals surface area (Å²) in [6.07, 6.45) is 0. The minimum atomic E-state index is -0.476. The molecule has 1 heterocycles. The maximum atomic E-state index is 13.0. The summed E-state index contributed by atoms with van der Waals surface area (Å²) in [6.45, 7) is 0.283. The SMILES string of the molecule is COc1cccc(NC(=O)c2nnn(Cc3ccc(F)cc3)c2N)c1. The second-order valence-corrected chi connectivity index (χ2v) is 5.29. The lowest BCUT2D eigenvalue weighted by atomic mass is 10.2. The van der Waals surface area contributed by atoms with Gasteiger partial charge in [0.1, 0.15) is 11.6 Å². The number of hydrogen-bond donors (Lipinski definition) is 2. The fourth-order valence-electron chi connectivity index (χ4n) is 2.25. The first kappa shape index (κ1) is 16.4. The summed E-state index contributed by atoms with van der Waals surface area (Å²) in [7, 11) is 1.54. The lowest BCUT2D eigenvalue weighted by Gasteiger charge is -2.06. The second kappa shape index (κ2) is 7.00. The molecule has 0 fully saturated rings. The maximum Gasteiger partial charge on any atom is 0.280 e. The van der Waals surface area contributed by atoms with Gasteiger partial charge in [-0.3, -0.25) is 4.79 Å². The van der Waals surface area contributed by atoms with Gasteiger partial charge in [-0.15, -0.1) is 5.10 Å². The van der Waals surface area contributed by atoms with Crippen LogP contribution in [-0.4, -0.2) is 28.0 Å². The van der Waals surface area contributed by atoms with Crippen molar-refractivity contribution >= 4 is 17.4 Å². The molecule has 0 bridgehead atoms. The molecule has 2 aromatic carbocycles. The third kappa shape index (κ3) is 3.74. The first-order chi connectivity index (χ1) is 12.1. The third-order valence-electron chi connectivity index (χ3n) is 3.56. The number of halogens is 1. The van der Waals surface area contributed by atoms with E-state index in [0.717, 1.165) is 5.56 Å². The zero-order valence-corrected chi connectivity index (χ0v) is 13.4. The number of anilines is 2. The number of rotatable bonds is 5. The molecule has 0 aliphatic carbocycles. The Hall–Kier alpha value is -3.42. The van der Waals surface area contributed by atoms with Crippen LogP contribution < -0.4 is 15.8 Å². The summed E-state index contributed by atoms with van der Waals surface area (Å²) in [5.41, 5.74) is 7.33. The van der Waals surface area contributed by atoms with Gasteiger partial charge in [0.2, 0.25) is 0 Å². The zero-order valence-electron chi connectivity index (χ0n) is 13.4. The number of amides is 1. The van der Waals surface area contributed by atoms with Crippen LogP contribution in [0.5, 0.6) is 5.75 Å². The molecular weight excluding hydrogens is 325 g/mol. The minimum Gasteiger partial charge on any atom is -0.497 e. The molecule has 0 aliphatic rings. The van der Waals surface area contributed by atoms with Crippen LogP contribution in [0.4, 0.5) is 15.9 Å². The summed E-state index contributed by atoms with van der Waals surface area (Å²) < 4.78 is 19.4. The molecule has 3 aromatic rings. The smallest absolute Gasteiger partial charge is 0.280 e. The quantitative estimate of drug-likeness (QED) is 0.742. The minimum absolute atomic E-state index is 0.0185. The van der Waals surface area contributed by atoms with Gasteiger partial charge in [-0.2, -0.15) is 0 Å². The van der Waals surface area contributed by atoms with Crippen LogP contribution >= 0.6 is 0 Å². The molecule has 8 heteroatoms. The van der Waals surface area contributed by atoms with Crippen molar-refractivity contribution in [3.05, 3.63) is 65.6 Å². The van der Waals surface area contributed by atoms with Crippen LogP contribution in [0.2, 0.25) is 0 Å². The predicted octanol–water partition coefficient (Wildman–Crippen LogP) is 2.31. The summed E-state index contributed by atoms with van der Waals surface area (Å²) in [4.78, 5) is 12.3. The van der Waals surface area contributed by atoms with Crippen LogP contribution in [0.25, 0.3) is 0 Å². The highest BCUT2D eigenvalue weighted by atomic mass is 19.1. The number of nitrogens with zero attached hydrogens (tertiary/aromatic N) is 3. The van der Waals surface area contributed by atoms with E-state index in [2.05, 4.69) is 15.6 Å². The van der Waals surface area contributed by atoms with Crippen molar-refractivity contribution in [2.24, 2.45) is 0 Å². The first-order valence-electron chi connectivity index (χ1n) is 7.45. The fourth-order valence-corrected chi connectivity index (χ4v) is 2.25. The van der Waals surface area contributed by atoms with Gasteiger partial charge in [-0.1, -0.05) is 23.4 Å². The standard InChI is InChI=1S/C17H16FN5O2/c1-25-14-4-2-3-13(9-14)20-17(24)15-16(19)23(22-21-15)10-11-5-7-12(18)8-6-11/h2-9H,10,19H2,1H3,(H,20,24). The number of nitrogens with one attached hydrogen (secondary N) is 1. The van der Waals surface area contributed by atoms with Gasteiger partial charge in [0.25, 0.3) is 5.91 Å². The van der Waals surface area contributed by atoms with Crippen LogP contribution in [0.3, 0.4) is 0 Å². The maximum absolute atomic E-state index is 13.0. The zero-order chi connectivity index (χ0) is 17.8. The lowest BCUT2D eigenvalue weighted by molar-refractivity contribution is 0.102. The van der Waals surface area contributed by atoms with E-state index in [9.17, 15) is 9.18 Å². The van der Waals surface area contributed by atoms with Crippen molar-refractivity contribution in [1.29, 1.82) is 0 Å². The highest BCUT2D eigenvalue weighted by Crippen LogP contribution is 2.18. The summed E-state index contributed by atoms with van der Waals surface area (Å²) in [5, 5.41) is 10.4. The number of methoxy groups -OCH3 is 1. The Bertz CT molecular complexity index is 892. The van der Waals surface area contributed by atoms with E-state index in [1.165, 1.54) is 16.8 Å². The average molecular weight is 341 g/mol. The Balaban J connectivity index is 1.75. The van der Waals surface area contributed by atoms with E-state index in [0.29, 0.717) is 11.4 Å². The van der Waals surface area contributed by atoms with Gasteiger partial charge in [-0.25, -0.2) is 9.07 Å². The number of nitrogen functional groups attached to an aromatic ring is 1. The first-order valence-corrected chi connectivity index (χ1v) is 7.45. The molecule has 0 radical (unpaired) electrons. The van der Waals surface area contributed by atoms with Crippen molar-refractivity contribution in [3.63, 3.8) is 0 Å². The van der Waals surface area contributed by atoms with E-state index >= 15 is 0 Å². The van der Waals surface area contributed by atoms with Gasteiger partial charge < -0.3 is 15.8 Å². The molecule has 0 aliphatic heterocycles. The van der Waals surface area contributed by atoms with Crippen LogP contribution in [-0.2, 0) is 6.54 Å². The molecule has 128 valence electrons. The van der Waals surface area contributed by atoms with Gasteiger partial charge in [-0.05, 0) is 29.8 Å². The molecule has 0 saturated carbocycles. The van der Waals surface area contributed by atoms with Crippen molar-refractivity contribution in [3.8, 4) is 5.75 Å². The van der Waals surface area contributed by atoms with Crippen LogP contribution in [0.1, 0.15) is 16.1 Å². The molecule has 1 amide bonds. The Morgan fingerprint density at radius 2 is 2.04 bits per heavy atom. The molecule has 0 unspecified atom stereocenters. The summed E-state index contributed by atoms with van der Waals surface area (Å²) in [6, 6.07) is 12.8. The van der Waals surface area contributed by atoms with E-state index in [1.807, 2.05) is 0 Å². The number of carbonyl (C=O) groups excluding carboxylic acids is 1. The molecule has 25 heavy (non-hydrogen) atoms. The second-order valence-electron chi connectivity index (χ2n) is 5.29. The van der Waals surface area contributed by atoms with Gasteiger partial charge in [0, 0.05) is 11.8 Å². The van der Waals surface area contributed by atoms with Gasteiger partial charge in [0.05, 0.1) is 13.7 Å². The average Bonchev–Trinajstić information content (AvgIpc) is 2.98. The Morgan fingerprint density at radius 3 is 2.76 bits per heavy atom. The number of nitrogens with two attached hydrogens (primary N) is 1. The molecule has 0 spiro atoms. The summed E-state index contributed by atoms with van der Waals surface area (Å²) in [5.74, 6) is -0.0553. The third-order valence-corrected chi connectivity index (χ3v) is 3.56. The Morgan fingerprint density at radius 1 is 1.28 bits per heavy atom. The van der Waals surface area contributed by atoms with Crippen molar-refractivity contribution in [2.45, 2.75) is 6.54 Å². The summed E-state index contributed by atoms with van der Waals surface area (Å²) >= 11 is 0. The van der Waals surface area contributed by atoms with Crippen LogP contribution in [0.15, 0.2) is 48.5 Å². The molecule has 3 N–H and O–H groups in total. The van der Waals surface area contributed by atoms with Crippen LogP contribution in [0, 0.1) is 5.82 Å². The largest absolute Gasteiger partial charge is 0.497 e. The normalized spacial score (nSPS) is 10.5. The number of aromatic nitrogens is 3. The Kier molecular flexibility index (Phi) is 4.60. The van der Waals surface area contributed by atoms with Gasteiger partial charge >= 0.3 is 0 Å². The molecule has 7 nitrogen and oxygen atoms in total. The van der Waals surface area contributed by atoms with E-state index in [-0.39, 0.29) is 23.9 Å². The van der Waals surface area contributed by atoms with Crippen molar-refractivity contribution in [2.75, 3.05) is 18.2 Å². The number of carbonyl (C=O) groups is 1.